The number of carbonyl (C=O) groups excluding carboxylic acids is 1. The largest absolute Gasteiger partial charge is 0.468 e. The number of nitrogens with zero attached hydrogens (tertiary/aromatic N) is 1. The number of ether oxygens (including phenoxy) is 1. The number of hydrogen-bond donors (Lipinski definition) is 1. The molecule has 4 nitrogen and oxygen atoms in total. The standard InChI is InChI=1S/C14H26N2O2/c1-4-15-14(11-8-9-11,13(17)18-3)10-16(2)12-6-5-7-12/h11-12,15H,4-10H2,1-3H3. The molecule has 2 fully saturated rings. The van der Waals surface area contributed by atoms with Gasteiger partial charge in [-0.2, -0.15) is 0 Å². The fourth-order valence-corrected chi connectivity index (χ4v) is 3.06. The topological polar surface area (TPSA) is 41.6 Å². The van der Waals surface area contributed by atoms with Crippen molar-refractivity contribution >= 4 is 5.97 Å². The van der Waals surface area contributed by atoms with E-state index in [0.29, 0.717) is 12.0 Å². The number of carbonyl (C=O) groups is 1. The average Bonchev–Trinajstić information content (AvgIpc) is 3.08. The lowest BCUT2D eigenvalue weighted by molar-refractivity contribution is -0.151. The van der Waals surface area contributed by atoms with Crippen molar-refractivity contribution in [2.24, 2.45) is 5.92 Å². The molecule has 0 spiro atoms. The molecule has 0 aromatic carbocycles. The van der Waals surface area contributed by atoms with E-state index in [9.17, 15) is 4.79 Å². The van der Waals surface area contributed by atoms with Crippen molar-refractivity contribution in [3.63, 3.8) is 0 Å². The molecular formula is C14H26N2O2. The molecule has 0 saturated heterocycles. The minimum Gasteiger partial charge on any atom is -0.468 e. The van der Waals surface area contributed by atoms with Gasteiger partial charge in [-0.25, -0.2) is 4.79 Å². The van der Waals surface area contributed by atoms with Gasteiger partial charge in [0.1, 0.15) is 5.54 Å². The Bertz CT molecular complexity index is 300. The molecule has 0 radical (unpaired) electrons. The minimum atomic E-state index is -0.478. The predicted octanol–water partition coefficient (Wildman–Crippen LogP) is 1.40. The van der Waals surface area contributed by atoms with E-state index >= 15 is 0 Å². The van der Waals surface area contributed by atoms with Crippen molar-refractivity contribution in [2.75, 3.05) is 27.2 Å². The Morgan fingerprint density at radius 3 is 2.44 bits per heavy atom. The number of likely N-dealkylation sites (N-methyl/N-ethyl adjacent to an activating group) is 2. The maximum atomic E-state index is 12.3. The van der Waals surface area contributed by atoms with Crippen LogP contribution in [0.25, 0.3) is 0 Å². The highest BCUT2D eigenvalue weighted by molar-refractivity contribution is 5.82. The Labute approximate surface area is 110 Å². The molecule has 2 saturated carbocycles. The van der Waals surface area contributed by atoms with Gasteiger partial charge < -0.3 is 15.0 Å². The van der Waals surface area contributed by atoms with Crippen LogP contribution in [0.3, 0.4) is 0 Å². The Balaban J connectivity index is 2.08. The molecule has 0 aliphatic heterocycles. The summed E-state index contributed by atoms with van der Waals surface area (Å²) in [5.74, 6) is 0.366. The van der Waals surface area contributed by atoms with Gasteiger partial charge in [-0.3, -0.25) is 0 Å². The summed E-state index contributed by atoms with van der Waals surface area (Å²) < 4.78 is 5.07. The second kappa shape index (κ2) is 5.57. The predicted molar refractivity (Wildman–Crippen MR) is 71.4 cm³/mol. The molecule has 4 heteroatoms. The maximum Gasteiger partial charge on any atom is 0.327 e. The summed E-state index contributed by atoms with van der Waals surface area (Å²) in [4.78, 5) is 14.6. The van der Waals surface area contributed by atoms with E-state index in [1.54, 1.807) is 0 Å². The molecule has 2 rings (SSSR count). The Hall–Kier alpha value is -0.610. The number of nitrogens with one attached hydrogen (secondary N) is 1. The van der Waals surface area contributed by atoms with Gasteiger partial charge in [0.2, 0.25) is 0 Å². The van der Waals surface area contributed by atoms with Gasteiger partial charge in [-0.15, -0.1) is 0 Å². The average molecular weight is 254 g/mol. The van der Waals surface area contributed by atoms with E-state index < -0.39 is 5.54 Å². The minimum absolute atomic E-state index is 0.0852. The Morgan fingerprint density at radius 2 is 2.06 bits per heavy atom. The third kappa shape index (κ3) is 2.54. The third-order valence-electron chi connectivity index (χ3n) is 4.51. The zero-order valence-corrected chi connectivity index (χ0v) is 11.9. The monoisotopic (exact) mass is 254 g/mol. The van der Waals surface area contributed by atoms with E-state index in [1.165, 1.54) is 26.4 Å². The second-order valence-corrected chi connectivity index (χ2v) is 5.77. The van der Waals surface area contributed by atoms with Crippen molar-refractivity contribution in [1.29, 1.82) is 0 Å². The molecule has 2 aliphatic rings. The van der Waals surface area contributed by atoms with Gasteiger partial charge in [-0.05, 0) is 45.2 Å². The fourth-order valence-electron chi connectivity index (χ4n) is 3.06. The number of rotatable bonds is 7. The molecule has 0 heterocycles. The molecule has 2 aliphatic carbocycles. The highest BCUT2D eigenvalue weighted by atomic mass is 16.5. The molecule has 1 unspecified atom stereocenters. The van der Waals surface area contributed by atoms with Crippen molar-refractivity contribution in [3.8, 4) is 0 Å². The van der Waals surface area contributed by atoms with Crippen molar-refractivity contribution in [3.05, 3.63) is 0 Å². The molecular weight excluding hydrogens is 228 g/mol. The summed E-state index contributed by atoms with van der Waals surface area (Å²) in [6.45, 7) is 3.65. The van der Waals surface area contributed by atoms with Gasteiger partial charge >= 0.3 is 5.97 Å². The Kier molecular flexibility index (Phi) is 4.28. The smallest absolute Gasteiger partial charge is 0.327 e. The summed E-state index contributed by atoms with van der Waals surface area (Å²) in [5.41, 5.74) is -0.478. The van der Waals surface area contributed by atoms with E-state index in [0.717, 1.165) is 25.9 Å². The van der Waals surface area contributed by atoms with Crippen molar-refractivity contribution in [1.82, 2.24) is 10.2 Å². The highest BCUT2D eigenvalue weighted by Crippen LogP contribution is 2.41. The van der Waals surface area contributed by atoms with Gasteiger partial charge in [0, 0.05) is 12.6 Å². The molecule has 104 valence electrons. The zero-order chi connectivity index (χ0) is 13.2. The van der Waals surface area contributed by atoms with Gasteiger partial charge in [0.15, 0.2) is 0 Å². The summed E-state index contributed by atoms with van der Waals surface area (Å²) in [6.07, 6.45) is 6.14. The number of methoxy groups -OCH3 is 1. The van der Waals surface area contributed by atoms with Crippen LogP contribution in [-0.4, -0.2) is 49.7 Å². The first-order chi connectivity index (χ1) is 8.64. The zero-order valence-electron chi connectivity index (χ0n) is 11.9. The summed E-state index contributed by atoms with van der Waals surface area (Å²) in [5, 5.41) is 3.43. The summed E-state index contributed by atoms with van der Waals surface area (Å²) in [6, 6.07) is 0.659. The van der Waals surface area contributed by atoms with Crippen LogP contribution < -0.4 is 5.32 Å². The van der Waals surface area contributed by atoms with Crippen LogP contribution in [0.4, 0.5) is 0 Å². The van der Waals surface area contributed by atoms with Crippen LogP contribution in [0.2, 0.25) is 0 Å². The van der Waals surface area contributed by atoms with Crippen LogP contribution in [0.15, 0.2) is 0 Å². The van der Waals surface area contributed by atoms with Gasteiger partial charge in [-0.1, -0.05) is 13.3 Å². The molecule has 0 aromatic rings. The summed E-state index contributed by atoms with van der Waals surface area (Å²) >= 11 is 0. The van der Waals surface area contributed by atoms with E-state index in [-0.39, 0.29) is 5.97 Å². The van der Waals surface area contributed by atoms with Gasteiger partial charge in [0.25, 0.3) is 0 Å². The maximum absolute atomic E-state index is 12.3. The van der Waals surface area contributed by atoms with Gasteiger partial charge in [0.05, 0.1) is 7.11 Å². The summed E-state index contributed by atoms with van der Waals surface area (Å²) in [7, 11) is 3.64. The first kappa shape index (κ1) is 13.8. The van der Waals surface area contributed by atoms with E-state index in [2.05, 4.69) is 24.2 Å². The molecule has 0 amide bonds. The van der Waals surface area contributed by atoms with Crippen LogP contribution in [0, 0.1) is 5.92 Å². The first-order valence-corrected chi connectivity index (χ1v) is 7.17. The first-order valence-electron chi connectivity index (χ1n) is 7.17. The SMILES string of the molecule is CCNC(CN(C)C1CCC1)(C(=O)OC)C1CC1. The second-order valence-electron chi connectivity index (χ2n) is 5.77. The number of hydrogen-bond acceptors (Lipinski definition) is 4. The van der Waals surface area contributed by atoms with Crippen molar-refractivity contribution in [2.45, 2.75) is 50.6 Å². The normalized spacial score (nSPS) is 23.6. The van der Waals surface area contributed by atoms with Crippen LogP contribution >= 0.6 is 0 Å². The fraction of sp³-hybridized carbons (Fsp3) is 0.929. The van der Waals surface area contributed by atoms with Crippen LogP contribution in [0.5, 0.6) is 0 Å². The molecule has 0 bridgehead atoms. The highest BCUT2D eigenvalue weighted by Gasteiger charge is 2.52. The quantitative estimate of drug-likeness (QED) is 0.697. The van der Waals surface area contributed by atoms with Crippen molar-refractivity contribution < 1.29 is 9.53 Å². The molecule has 1 atom stereocenters. The molecule has 18 heavy (non-hydrogen) atoms. The lowest BCUT2D eigenvalue weighted by Crippen LogP contribution is -2.62. The Morgan fingerprint density at radius 1 is 1.39 bits per heavy atom. The van der Waals surface area contributed by atoms with E-state index in [1.807, 2.05) is 0 Å². The van der Waals surface area contributed by atoms with E-state index in [4.69, 9.17) is 4.74 Å². The molecule has 1 N–H and O–H groups in total. The van der Waals surface area contributed by atoms with Crippen LogP contribution in [-0.2, 0) is 9.53 Å². The van der Waals surface area contributed by atoms with Crippen LogP contribution in [0.1, 0.15) is 39.0 Å². The third-order valence-corrected chi connectivity index (χ3v) is 4.51. The molecule has 0 aromatic heterocycles. The lowest BCUT2D eigenvalue weighted by atomic mass is 9.87. The number of esters is 1. The lowest BCUT2D eigenvalue weighted by Gasteiger charge is -2.41.